The van der Waals surface area contributed by atoms with Gasteiger partial charge < -0.3 is 15.4 Å². The van der Waals surface area contributed by atoms with Gasteiger partial charge in [0, 0.05) is 18.0 Å². The molecular formula is C18H15ClN6O4. The number of amides is 2. The number of anilines is 1. The molecule has 3 aromatic rings. The number of aryl methyl sites for hydroxylation is 1. The number of carbonyl (C=O) groups excluding carboxylic acids is 2. The number of nitrogens with zero attached hydrogens (tertiary/aromatic N) is 4. The van der Waals surface area contributed by atoms with Crippen molar-refractivity contribution in [2.24, 2.45) is 5.10 Å². The predicted octanol–water partition coefficient (Wildman–Crippen LogP) is 2.93. The van der Waals surface area contributed by atoms with Crippen molar-refractivity contribution in [2.45, 2.75) is 13.8 Å². The summed E-state index contributed by atoms with van der Waals surface area (Å²) in [7, 11) is 0. The largest absolute Gasteiger partial charge is 0.361 e. The summed E-state index contributed by atoms with van der Waals surface area (Å²) in [6.07, 6.45) is 2.72. The second-order valence-corrected chi connectivity index (χ2v) is 6.51. The molecule has 0 unspecified atom stereocenters. The fraction of sp³-hybridized carbons (Fsp3) is 0.111. The lowest BCUT2D eigenvalue weighted by Gasteiger charge is -2.04. The molecule has 0 fully saturated rings. The van der Waals surface area contributed by atoms with E-state index < -0.39 is 22.3 Å². The molecule has 3 rings (SSSR count). The number of halogens is 1. The third-order valence-corrected chi connectivity index (χ3v) is 4.14. The van der Waals surface area contributed by atoms with Crippen LogP contribution in [0.1, 0.15) is 28.5 Å². The van der Waals surface area contributed by atoms with E-state index in [0.717, 1.165) is 4.40 Å². The zero-order valence-corrected chi connectivity index (χ0v) is 16.1. The number of aromatic nitrogens is 2. The summed E-state index contributed by atoms with van der Waals surface area (Å²) in [5.74, 6) is -1.71. The molecular weight excluding hydrogens is 400 g/mol. The normalized spacial score (nSPS) is 11.0. The van der Waals surface area contributed by atoms with Gasteiger partial charge in [-0.1, -0.05) is 23.7 Å². The van der Waals surface area contributed by atoms with Gasteiger partial charge in [0.15, 0.2) is 0 Å². The first-order valence-electron chi connectivity index (χ1n) is 8.30. The van der Waals surface area contributed by atoms with Crippen LogP contribution in [0.5, 0.6) is 0 Å². The quantitative estimate of drug-likeness (QED) is 0.376. The highest BCUT2D eigenvalue weighted by atomic mass is 35.5. The topological polar surface area (TPSA) is 131 Å². The molecule has 0 spiro atoms. The minimum atomic E-state index is -0.843. The van der Waals surface area contributed by atoms with E-state index in [1.54, 1.807) is 31.2 Å². The van der Waals surface area contributed by atoms with Gasteiger partial charge in [-0.05, 0) is 35.1 Å². The smallest absolute Gasteiger partial charge is 0.358 e. The van der Waals surface area contributed by atoms with E-state index in [1.807, 2.05) is 0 Å². The molecule has 2 amide bonds. The second kappa shape index (κ2) is 8.07. The first kappa shape index (κ1) is 20.0. The Morgan fingerprint density at radius 1 is 1.31 bits per heavy atom. The van der Waals surface area contributed by atoms with Crippen LogP contribution in [0.2, 0.25) is 5.02 Å². The molecule has 29 heavy (non-hydrogen) atoms. The molecule has 0 aliphatic carbocycles. The van der Waals surface area contributed by atoms with Crippen molar-refractivity contribution in [3.05, 3.63) is 68.5 Å². The number of hydrogen-bond acceptors (Lipinski definition) is 6. The number of fused-ring (bicyclic) bond motifs is 1. The minimum absolute atomic E-state index is 0.190. The summed E-state index contributed by atoms with van der Waals surface area (Å²) >= 11 is 5.80. The first-order chi connectivity index (χ1) is 13.8. The van der Waals surface area contributed by atoms with Gasteiger partial charge in [0.2, 0.25) is 17.2 Å². The maximum Gasteiger partial charge on any atom is 0.361 e. The average Bonchev–Trinajstić information content (AvgIpc) is 3.01. The molecule has 11 heteroatoms. The number of benzene rings is 1. The summed E-state index contributed by atoms with van der Waals surface area (Å²) in [5.41, 5.74) is 3.71. The number of pyridine rings is 1. The monoisotopic (exact) mass is 414 g/mol. The second-order valence-electron chi connectivity index (χ2n) is 6.07. The van der Waals surface area contributed by atoms with Crippen molar-refractivity contribution in [3.63, 3.8) is 0 Å². The van der Waals surface area contributed by atoms with Crippen molar-refractivity contribution in [3.8, 4) is 0 Å². The molecule has 10 nitrogen and oxygen atoms in total. The Kier molecular flexibility index (Phi) is 5.55. The molecule has 0 aliphatic rings. The number of nitro groups is 1. The Balaban J connectivity index is 1.94. The molecule has 2 aromatic heterocycles. The van der Waals surface area contributed by atoms with Gasteiger partial charge in [0.05, 0.1) is 11.9 Å². The Morgan fingerprint density at radius 2 is 2.00 bits per heavy atom. The highest BCUT2D eigenvalue weighted by Crippen LogP contribution is 2.25. The van der Waals surface area contributed by atoms with Crippen molar-refractivity contribution in [2.75, 3.05) is 5.32 Å². The summed E-state index contributed by atoms with van der Waals surface area (Å²) in [5, 5.41) is 18.5. The van der Waals surface area contributed by atoms with Crippen LogP contribution in [0.25, 0.3) is 5.65 Å². The van der Waals surface area contributed by atoms with Crippen LogP contribution in [0.4, 0.5) is 11.5 Å². The maximum atomic E-state index is 12.4. The van der Waals surface area contributed by atoms with E-state index >= 15 is 0 Å². The molecule has 2 heterocycles. The number of carbonyl (C=O) groups is 2. The maximum absolute atomic E-state index is 12.4. The Bertz CT molecular complexity index is 1150. The van der Waals surface area contributed by atoms with Gasteiger partial charge in [-0.2, -0.15) is 14.5 Å². The summed E-state index contributed by atoms with van der Waals surface area (Å²) in [6.45, 7) is 3.03. The molecule has 0 bridgehead atoms. The highest BCUT2D eigenvalue weighted by Gasteiger charge is 2.28. The van der Waals surface area contributed by atoms with Crippen LogP contribution >= 0.6 is 11.6 Å². The minimum Gasteiger partial charge on any atom is -0.358 e. The summed E-state index contributed by atoms with van der Waals surface area (Å²) in [4.78, 5) is 38.7. The third-order valence-electron chi connectivity index (χ3n) is 3.89. The number of rotatable bonds is 5. The number of hydrogen-bond donors (Lipinski definition) is 2. The van der Waals surface area contributed by atoms with E-state index in [-0.39, 0.29) is 11.6 Å². The van der Waals surface area contributed by atoms with Crippen molar-refractivity contribution < 1.29 is 14.5 Å². The fourth-order valence-corrected chi connectivity index (χ4v) is 2.71. The molecule has 0 saturated carbocycles. The Labute approximate surface area is 169 Å². The highest BCUT2D eigenvalue weighted by molar-refractivity contribution is 6.30. The summed E-state index contributed by atoms with van der Waals surface area (Å²) in [6, 6.07) is 8.24. The van der Waals surface area contributed by atoms with E-state index in [4.69, 9.17) is 11.6 Å². The lowest BCUT2D eigenvalue weighted by molar-refractivity contribution is -0.390. The van der Waals surface area contributed by atoms with Gasteiger partial charge in [-0.25, -0.2) is 5.43 Å². The predicted molar refractivity (Wildman–Crippen MR) is 107 cm³/mol. The summed E-state index contributed by atoms with van der Waals surface area (Å²) < 4.78 is 1.14. The SMILES string of the molecule is CC(=O)Nc1cn2c([N+](=O)[O-])c(C(=O)N/N=C/c3ccc(Cl)cc3)nc2cc1C. The van der Waals surface area contributed by atoms with Gasteiger partial charge in [-0.3, -0.25) is 9.59 Å². The number of imidazole rings is 1. The Hall–Kier alpha value is -3.79. The van der Waals surface area contributed by atoms with Crippen LogP contribution in [-0.4, -0.2) is 32.3 Å². The molecule has 148 valence electrons. The van der Waals surface area contributed by atoms with Gasteiger partial charge >= 0.3 is 5.82 Å². The van der Waals surface area contributed by atoms with Crippen LogP contribution in [0, 0.1) is 17.0 Å². The van der Waals surface area contributed by atoms with Gasteiger partial charge in [0.1, 0.15) is 6.20 Å². The van der Waals surface area contributed by atoms with Crippen molar-refractivity contribution in [1.29, 1.82) is 0 Å². The molecule has 0 atom stereocenters. The molecule has 1 aromatic carbocycles. The fourth-order valence-electron chi connectivity index (χ4n) is 2.59. The standard InChI is InChI=1S/C18H15ClN6O4/c1-10-7-15-22-16(17(27)23-20-8-12-3-5-13(19)6-4-12)18(25(28)29)24(15)9-14(10)21-11(2)26/h3-9H,1-2H3,(H,21,26)(H,23,27)/b20-8+. The first-order valence-corrected chi connectivity index (χ1v) is 8.67. The number of nitrogens with one attached hydrogen (secondary N) is 2. The van der Waals surface area contributed by atoms with E-state index in [9.17, 15) is 19.7 Å². The lowest BCUT2D eigenvalue weighted by atomic mass is 10.2. The van der Waals surface area contributed by atoms with Gasteiger partial charge in [-0.15, -0.1) is 0 Å². The van der Waals surface area contributed by atoms with Crippen molar-refractivity contribution in [1.82, 2.24) is 14.8 Å². The van der Waals surface area contributed by atoms with Crippen LogP contribution in [0.15, 0.2) is 41.6 Å². The van der Waals surface area contributed by atoms with E-state index in [0.29, 0.717) is 21.8 Å². The molecule has 0 radical (unpaired) electrons. The lowest BCUT2D eigenvalue weighted by Crippen LogP contribution is -2.19. The number of hydrazone groups is 1. The molecule has 0 aliphatic heterocycles. The van der Waals surface area contributed by atoms with Crippen LogP contribution in [0.3, 0.4) is 0 Å². The average molecular weight is 415 g/mol. The van der Waals surface area contributed by atoms with E-state index in [1.165, 1.54) is 25.4 Å². The molecule has 0 saturated heterocycles. The van der Waals surface area contributed by atoms with E-state index in [2.05, 4.69) is 20.8 Å². The van der Waals surface area contributed by atoms with Crippen LogP contribution in [-0.2, 0) is 4.79 Å². The third kappa shape index (κ3) is 4.38. The zero-order valence-electron chi connectivity index (χ0n) is 15.3. The Morgan fingerprint density at radius 3 is 2.62 bits per heavy atom. The van der Waals surface area contributed by atoms with Crippen molar-refractivity contribution >= 4 is 46.8 Å². The van der Waals surface area contributed by atoms with Gasteiger partial charge in [0.25, 0.3) is 5.91 Å². The zero-order chi connectivity index (χ0) is 21.1. The van der Waals surface area contributed by atoms with Crippen LogP contribution < -0.4 is 10.7 Å². The molecule has 2 N–H and O–H groups in total.